The number of hydrogen-bond donors (Lipinski definition) is 5. The summed E-state index contributed by atoms with van der Waals surface area (Å²) in [5.41, 5.74) is 3.23. The van der Waals surface area contributed by atoms with Crippen LogP contribution in [0.4, 0.5) is 0 Å². The predicted molar refractivity (Wildman–Crippen MR) is 135 cm³/mol. The maximum atomic E-state index is 12.6. The van der Waals surface area contributed by atoms with E-state index in [4.69, 9.17) is 0 Å². The molecule has 2 aromatic carbocycles. The highest BCUT2D eigenvalue weighted by Gasteiger charge is 2.15. The summed E-state index contributed by atoms with van der Waals surface area (Å²) in [7, 11) is 0. The van der Waals surface area contributed by atoms with E-state index in [2.05, 4.69) is 29.7 Å². The monoisotopic (exact) mass is 468 g/mol. The van der Waals surface area contributed by atoms with Crippen molar-refractivity contribution in [3.63, 3.8) is 0 Å². The highest BCUT2D eigenvalue weighted by Crippen LogP contribution is 2.22. The minimum Gasteiger partial charge on any atom is -0.508 e. The average molecular weight is 469 g/mol. The molecule has 0 aliphatic heterocycles. The van der Waals surface area contributed by atoms with Gasteiger partial charge >= 0.3 is 0 Å². The smallest absolute Gasteiger partial charge is 0.224 e. The lowest BCUT2D eigenvalue weighted by atomic mass is 9.96. The third kappa shape index (κ3) is 8.42. The van der Waals surface area contributed by atoms with Gasteiger partial charge in [-0.05, 0) is 55.0 Å². The van der Waals surface area contributed by atoms with E-state index in [1.165, 1.54) is 38.2 Å². The largest absolute Gasteiger partial charge is 0.508 e. The summed E-state index contributed by atoms with van der Waals surface area (Å²) in [4.78, 5) is 12.6. The van der Waals surface area contributed by atoms with E-state index in [0.717, 1.165) is 30.4 Å². The van der Waals surface area contributed by atoms with Crippen molar-refractivity contribution in [2.75, 3.05) is 6.54 Å². The molecule has 0 saturated heterocycles. The number of phenols is 1. The first-order valence-electron chi connectivity index (χ1n) is 12.7. The molecule has 0 spiro atoms. The molecule has 1 fully saturated rings. The number of aliphatic hydroxyl groups excluding tert-OH is 2. The Morgan fingerprint density at radius 2 is 1.74 bits per heavy atom. The van der Waals surface area contributed by atoms with Gasteiger partial charge in [-0.3, -0.25) is 4.79 Å². The number of nitrogens with one attached hydrogen (secondary N) is 2. The molecule has 0 unspecified atom stereocenters. The zero-order valence-electron chi connectivity index (χ0n) is 20.3. The normalized spacial score (nSPS) is 16.9. The fourth-order valence-electron chi connectivity index (χ4n) is 4.73. The third-order valence-corrected chi connectivity index (χ3v) is 6.69. The summed E-state index contributed by atoms with van der Waals surface area (Å²) in [6.45, 7) is 2.16. The SMILES string of the molecule is C[C@H](Cc1cccc(CC(=O)NC2CCCCCCC2)c1)NC[C@H](O)c1ccc(O)c(CO)c1. The lowest BCUT2D eigenvalue weighted by Gasteiger charge is -2.21. The van der Waals surface area contributed by atoms with E-state index < -0.39 is 6.10 Å². The van der Waals surface area contributed by atoms with Crippen LogP contribution in [0.15, 0.2) is 42.5 Å². The van der Waals surface area contributed by atoms with Gasteiger partial charge in [-0.15, -0.1) is 0 Å². The van der Waals surface area contributed by atoms with Crippen LogP contribution in [0.25, 0.3) is 0 Å². The Morgan fingerprint density at radius 1 is 1.03 bits per heavy atom. The van der Waals surface area contributed by atoms with Crippen LogP contribution in [-0.4, -0.2) is 39.9 Å². The molecule has 2 aromatic rings. The molecule has 2 atom stereocenters. The second kappa shape index (κ2) is 13.5. The molecule has 1 aliphatic rings. The van der Waals surface area contributed by atoms with Gasteiger partial charge in [0.15, 0.2) is 0 Å². The third-order valence-electron chi connectivity index (χ3n) is 6.69. The quantitative estimate of drug-likeness (QED) is 0.364. The molecule has 34 heavy (non-hydrogen) atoms. The van der Waals surface area contributed by atoms with Gasteiger partial charge < -0.3 is 26.0 Å². The first-order chi connectivity index (χ1) is 16.4. The molecule has 0 heterocycles. The second-order valence-electron chi connectivity index (χ2n) is 9.68. The highest BCUT2D eigenvalue weighted by atomic mass is 16.3. The summed E-state index contributed by atoms with van der Waals surface area (Å²) in [6, 6.07) is 13.4. The maximum Gasteiger partial charge on any atom is 0.224 e. The van der Waals surface area contributed by atoms with Crippen molar-refractivity contribution in [2.45, 2.75) is 89.5 Å². The van der Waals surface area contributed by atoms with Crippen LogP contribution < -0.4 is 10.6 Å². The standard InChI is InChI=1S/C28H40N2O4/c1-20(29-18-27(33)23-12-13-26(32)24(17-23)19-31)14-21-8-7-9-22(15-21)16-28(34)30-25-10-5-3-2-4-6-11-25/h7-9,12-13,15,17,20,25,27,29,31-33H,2-6,10-11,14,16,18-19H2,1H3,(H,30,34)/t20-,27+/m1/s1. The Balaban J connectivity index is 1.47. The van der Waals surface area contributed by atoms with Gasteiger partial charge in [0.05, 0.1) is 19.1 Å². The zero-order chi connectivity index (χ0) is 24.3. The zero-order valence-corrected chi connectivity index (χ0v) is 20.3. The van der Waals surface area contributed by atoms with Crippen LogP contribution in [0.2, 0.25) is 0 Å². The fraction of sp³-hybridized carbons (Fsp3) is 0.536. The van der Waals surface area contributed by atoms with Crippen molar-refractivity contribution in [3.05, 3.63) is 64.7 Å². The number of aromatic hydroxyl groups is 1. The van der Waals surface area contributed by atoms with Crippen LogP contribution in [0.5, 0.6) is 5.75 Å². The number of rotatable bonds is 10. The molecule has 6 heteroatoms. The summed E-state index contributed by atoms with van der Waals surface area (Å²) >= 11 is 0. The van der Waals surface area contributed by atoms with Gasteiger partial charge in [0, 0.05) is 24.2 Å². The van der Waals surface area contributed by atoms with Gasteiger partial charge in [-0.1, -0.05) is 62.4 Å². The summed E-state index contributed by atoms with van der Waals surface area (Å²) in [5.74, 6) is 0.131. The topological polar surface area (TPSA) is 102 Å². The minimum atomic E-state index is -0.739. The molecular formula is C28H40N2O4. The lowest BCUT2D eigenvalue weighted by molar-refractivity contribution is -0.121. The minimum absolute atomic E-state index is 0.0260. The Bertz CT molecular complexity index is 909. The van der Waals surface area contributed by atoms with Crippen LogP contribution >= 0.6 is 0 Å². The molecule has 3 rings (SSSR count). The van der Waals surface area contributed by atoms with E-state index >= 15 is 0 Å². The molecule has 0 aromatic heterocycles. The lowest BCUT2D eigenvalue weighted by Crippen LogP contribution is -2.36. The Labute approximate surface area is 203 Å². The van der Waals surface area contributed by atoms with Crippen LogP contribution in [0.1, 0.15) is 80.2 Å². The first-order valence-corrected chi connectivity index (χ1v) is 12.7. The van der Waals surface area contributed by atoms with Crippen molar-refractivity contribution in [1.29, 1.82) is 0 Å². The molecule has 0 bridgehead atoms. The number of carbonyl (C=O) groups excluding carboxylic acids is 1. The molecule has 1 saturated carbocycles. The summed E-state index contributed by atoms with van der Waals surface area (Å²) < 4.78 is 0. The molecule has 6 nitrogen and oxygen atoms in total. The molecule has 1 amide bonds. The van der Waals surface area contributed by atoms with E-state index in [-0.39, 0.29) is 24.3 Å². The van der Waals surface area contributed by atoms with Gasteiger partial charge in [0.1, 0.15) is 5.75 Å². The molecule has 1 aliphatic carbocycles. The van der Waals surface area contributed by atoms with Crippen LogP contribution in [0.3, 0.4) is 0 Å². The number of carbonyl (C=O) groups is 1. The van der Waals surface area contributed by atoms with Gasteiger partial charge in [0.25, 0.3) is 0 Å². The molecule has 5 N–H and O–H groups in total. The molecule has 0 radical (unpaired) electrons. The summed E-state index contributed by atoms with van der Waals surface area (Å²) in [5, 5.41) is 36.1. The van der Waals surface area contributed by atoms with Gasteiger partial charge in [-0.2, -0.15) is 0 Å². The van der Waals surface area contributed by atoms with Crippen molar-refractivity contribution in [2.24, 2.45) is 0 Å². The van der Waals surface area contributed by atoms with Crippen LogP contribution in [-0.2, 0) is 24.2 Å². The van der Waals surface area contributed by atoms with Crippen LogP contribution in [0, 0.1) is 0 Å². The van der Waals surface area contributed by atoms with Crippen molar-refractivity contribution >= 4 is 5.91 Å². The Kier molecular flexibility index (Phi) is 10.4. The highest BCUT2D eigenvalue weighted by molar-refractivity contribution is 5.78. The van der Waals surface area contributed by atoms with E-state index in [9.17, 15) is 20.1 Å². The Morgan fingerprint density at radius 3 is 2.47 bits per heavy atom. The van der Waals surface area contributed by atoms with Crippen molar-refractivity contribution in [1.82, 2.24) is 10.6 Å². The second-order valence-corrected chi connectivity index (χ2v) is 9.68. The number of amides is 1. The van der Waals surface area contributed by atoms with Crippen molar-refractivity contribution < 1.29 is 20.1 Å². The van der Waals surface area contributed by atoms with Crippen molar-refractivity contribution in [3.8, 4) is 5.75 Å². The van der Waals surface area contributed by atoms with E-state index in [0.29, 0.717) is 30.1 Å². The maximum absolute atomic E-state index is 12.6. The molecular weight excluding hydrogens is 428 g/mol. The number of benzene rings is 2. The first kappa shape index (κ1) is 26.2. The number of hydrogen-bond acceptors (Lipinski definition) is 5. The average Bonchev–Trinajstić information content (AvgIpc) is 2.79. The summed E-state index contributed by atoms with van der Waals surface area (Å²) in [6.07, 6.45) is 8.90. The Hall–Kier alpha value is -2.41. The van der Waals surface area contributed by atoms with E-state index in [1.54, 1.807) is 12.1 Å². The number of aliphatic hydroxyl groups is 2. The predicted octanol–water partition coefficient (Wildman–Crippen LogP) is 3.91. The van der Waals surface area contributed by atoms with E-state index in [1.807, 2.05) is 12.1 Å². The molecule has 186 valence electrons. The fourth-order valence-corrected chi connectivity index (χ4v) is 4.73. The van der Waals surface area contributed by atoms with Gasteiger partial charge in [-0.25, -0.2) is 0 Å². The van der Waals surface area contributed by atoms with Gasteiger partial charge in [0.2, 0.25) is 5.91 Å².